The molecule has 110 valence electrons. The van der Waals surface area contributed by atoms with Crippen molar-refractivity contribution >= 4 is 33.8 Å². The van der Waals surface area contributed by atoms with Crippen molar-refractivity contribution in [2.75, 3.05) is 29.0 Å². The third-order valence-electron chi connectivity index (χ3n) is 3.48. The summed E-state index contributed by atoms with van der Waals surface area (Å²) in [5, 5.41) is 10.7. The molecule has 21 heavy (non-hydrogen) atoms. The summed E-state index contributed by atoms with van der Waals surface area (Å²) < 4.78 is 0. The molecule has 0 saturated carbocycles. The van der Waals surface area contributed by atoms with Crippen LogP contribution in [0.15, 0.2) is 24.3 Å². The Morgan fingerprint density at radius 2 is 1.86 bits per heavy atom. The zero-order chi connectivity index (χ0) is 14.7. The van der Waals surface area contributed by atoms with E-state index in [2.05, 4.69) is 20.4 Å². The number of amides is 1. The van der Waals surface area contributed by atoms with Crippen LogP contribution in [0.1, 0.15) is 29.1 Å². The van der Waals surface area contributed by atoms with Crippen LogP contribution in [0.3, 0.4) is 0 Å². The normalized spacial score (nSPS) is 15.0. The molecular formula is C14H17N5OS. The van der Waals surface area contributed by atoms with Gasteiger partial charge < -0.3 is 16.0 Å². The molecular weight excluding hydrogens is 286 g/mol. The molecule has 0 aliphatic carbocycles. The van der Waals surface area contributed by atoms with Crippen LogP contribution < -0.4 is 16.0 Å². The summed E-state index contributed by atoms with van der Waals surface area (Å²) in [6.45, 7) is 2.21. The number of benzene rings is 1. The van der Waals surface area contributed by atoms with Gasteiger partial charge in [0.15, 0.2) is 0 Å². The Morgan fingerprint density at radius 3 is 2.48 bits per heavy atom. The number of nitrogens with two attached hydrogens (primary N) is 1. The minimum absolute atomic E-state index is 0.271. The van der Waals surface area contributed by atoms with E-state index in [1.807, 2.05) is 24.3 Å². The number of nitrogen functional groups attached to an aromatic ring is 1. The lowest BCUT2D eigenvalue weighted by atomic mass is 10.1. The average molecular weight is 303 g/mol. The van der Waals surface area contributed by atoms with Crippen molar-refractivity contribution in [1.82, 2.24) is 10.2 Å². The molecule has 6 nitrogen and oxygen atoms in total. The Morgan fingerprint density at radius 1 is 1.14 bits per heavy atom. The van der Waals surface area contributed by atoms with Gasteiger partial charge in [-0.3, -0.25) is 4.79 Å². The maximum absolute atomic E-state index is 11.9. The van der Waals surface area contributed by atoms with Crippen molar-refractivity contribution in [2.24, 2.45) is 0 Å². The van der Waals surface area contributed by atoms with Crippen molar-refractivity contribution < 1.29 is 4.79 Å². The Balaban J connectivity index is 1.65. The number of aromatic nitrogens is 2. The molecule has 3 rings (SSSR count). The molecule has 0 bridgehead atoms. The first-order chi connectivity index (χ1) is 10.2. The predicted octanol–water partition coefficient (Wildman–Crippen LogP) is 2.36. The fourth-order valence-corrected chi connectivity index (χ4v) is 2.92. The predicted molar refractivity (Wildman–Crippen MR) is 84.8 cm³/mol. The number of hydrogen-bond acceptors (Lipinski definition) is 6. The van der Waals surface area contributed by atoms with Gasteiger partial charge in [0.05, 0.1) is 0 Å². The standard InChI is InChI=1S/C14H17N5OS/c15-14-18-17-13(21-14)12(20)16-10-4-6-11(7-5-10)19-8-2-1-3-9-19/h4-7H,1-3,8-9H2,(H2,15,18)(H,16,20). The summed E-state index contributed by atoms with van der Waals surface area (Å²) in [4.78, 5) is 14.3. The molecule has 1 aromatic heterocycles. The van der Waals surface area contributed by atoms with E-state index in [-0.39, 0.29) is 10.9 Å². The molecule has 7 heteroatoms. The monoisotopic (exact) mass is 303 g/mol. The second-order valence-electron chi connectivity index (χ2n) is 4.99. The number of nitrogens with zero attached hydrogens (tertiary/aromatic N) is 3. The van der Waals surface area contributed by atoms with Crippen LogP contribution in [-0.2, 0) is 0 Å². The number of anilines is 3. The van der Waals surface area contributed by atoms with Gasteiger partial charge in [-0.25, -0.2) is 0 Å². The molecule has 1 amide bonds. The zero-order valence-corrected chi connectivity index (χ0v) is 12.4. The maximum atomic E-state index is 11.9. The molecule has 1 fully saturated rings. The van der Waals surface area contributed by atoms with Crippen LogP contribution in [0.5, 0.6) is 0 Å². The third-order valence-corrected chi connectivity index (χ3v) is 4.23. The van der Waals surface area contributed by atoms with E-state index in [9.17, 15) is 4.79 Å². The number of nitrogens with one attached hydrogen (secondary N) is 1. The van der Waals surface area contributed by atoms with Crippen molar-refractivity contribution in [1.29, 1.82) is 0 Å². The van der Waals surface area contributed by atoms with Gasteiger partial charge in [-0.15, -0.1) is 10.2 Å². The number of carbonyl (C=O) groups is 1. The van der Waals surface area contributed by atoms with E-state index in [1.165, 1.54) is 24.9 Å². The highest BCUT2D eigenvalue weighted by Gasteiger charge is 2.13. The lowest BCUT2D eigenvalue weighted by molar-refractivity contribution is 0.102. The number of rotatable bonds is 3. The summed E-state index contributed by atoms with van der Waals surface area (Å²) in [6, 6.07) is 7.89. The van der Waals surface area contributed by atoms with Gasteiger partial charge in [-0.2, -0.15) is 0 Å². The highest BCUT2D eigenvalue weighted by atomic mass is 32.1. The summed E-state index contributed by atoms with van der Waals surface area (Å²) in [6.07, 6.45) is 3.81. The van der Waals surface area contributed by atoms with E-state index in [1.54, 1.807) is 0 Å². The molecule has 1 saturated heterocycles. The number of piperidine rings is 1. The summed E-state index contributed by atoms with van der Waals surface area (Å²) in [5.74, 6) is -0.282. The second kappa shape index (κ2) is 6.09. The molecule has 1 aromatic carbocycles. The fraction of sp³-hybridized carbons (Fsp3) is 0.357. The molecule has 2 aromatic rings. The Kier molecular flexibility index (Phi) is 4.01. The summed E-state index contributed by atoms with van der Waals surface area (Å²) >= 11 is 1.08. The van der Waals surface area contributed by atoms with Crippen LogP contribution in [-0.4, -0.2) is 29.2 Å². The minimum Gasteiger partial charge on any atom is -0.374 e. The summed E-state index contributed by atoms with van der Waals surface area (Å²) in [7, 11) is 0. The van der Waals surface area contributed by atoms with Gasteiger partial charge >= 0.3 is 0 Å². The molecule has 2 heterocycles. The van der Waals surface area contributed by atoms with E-state index in [4.69, 9.17) is 5.73 Å². The third kappa shape index (κ3) is 3.30. The molecule has 1 aliphatic heterocycles. The van der Waals surface area contributed by atoms with E-state index in [0.717, 1.165) is 30.1 Å². The maximum Gasteiger partial charge on any atom is 0.286 e. The molecule has 1 aliphatic rings. The molecule has 0 spiro atoms. The van der Waals surface area contributed by atoms with Gasteiger partial charge in [0.2, 0.25) is 10.1 Å². The van der Waals surface area contributed by atoms with Crippen molar-refractivity contribution in [2.45, 2.75) is 19.3 Å². The van der Waals surface area contributed by atoms with Crippen LogP contribution in [0, 0.1) is 0 Å². The fourth-order valence-electron chi connectivity index (χ4n) is 2.42. The molecule has 0 atom stereocenters. The van der Waals surface area contributed by atoms with Crippen LogP contribution >= 0.6 is 11.3 Å². The highest BCUT2D eigenvalue weighted by Crippen LogP contribution is 2.22. The van der Waals surface area contributed by atoms with Crippen molar-refractivity contribution in [3.63, 3.8) is 0 Å². The first-order valence-electron chi connectivity index (χ1n) is 6.98. The Bertz CT molecular complexity index is 619. The quantitative estimate of drug-likeness (QED) is 0.909. The first-order valence-corrected chi connectivity index (χ1v) is 7.79. The zero-order valence-electron chi connectivity index (χ0n) is 11.6. The van der Waals surface area contributed by atoms with Gasteiger partial charge in [-0.05, 0) is 43.5 Å². The van der Waals surface area contributed by atoms with Crippen LogP contribution in [0.4, 0.5) is 16.5 Å². The lowest BCUT2D eigenvalue weighted by Gasteiger charge is -2.28. The summed E-state index contributed by atoms with van der Waals surface area (Å²) in [5.41, 5.74) is 7.42. The average Bonchev–Trinajstić information content (AvgIpc) is 2.96. The van der Waals surface area contributed by atoms with Gasteiger partial charge in [-0.1, -0.05) is 11.3 Å². The highest BCUT2D eigenvalue weighted by molar-refractivity contribution is 7.16. The van der Waals surface area contributed by atoms with Gasteiger partial charge in [0.25, 0.3) is 5.91 Å². The van der Waals surface area contributed by atoms with Gasteiger partial charge in [0, 0.05) is 24.5 Å². The first kappa shape index (κ1) is 13.8. The molecule has 3 N–H and O–H groups in total. The van der Waals surface area contributed by atoms with Crippen molar-refractivity contribution in [3.05, 3.63) is 29.3 Å². The lowest BCUT2D eigenvalue weighted by Crippen LogP contribution is -2.29. The number of hydrogen-bond donors (Lipinski definition) is 2. The van der Waals surface area contributed by atoms with E-state index in [0.29, 0.717) is 5.13 Å². The second-order valence-corrected chi connectivity index (χ2v) is 6.00. The van der Waals surface area contributed by atoms with Crippen LogP contribution in [0.25, 0.3) is 0 Å². The van der Waals surface area contributed by atoms with Crippen LogP contribution in [0.2, 0.25) is 0 Å². The van der Waals surface area contributed by atoms with Gasteiger partial charge in [0.1, 0.15) is 0 Å². The molecule has 0 radical (unpaired) electrons. The van der Waals surface area contributed by atoms with Crippen molar-refractivity contribution in [3.8, 4) is 0 Å². The Hall–Kier alpha value is -2.15. The topological polar surface area (TPSA) is 84.1 Å². The van der Waals surface area contributed by atoms with E-state index < -0.39 is 0 Å². The van der Waals surface area contributed by atoms with E-state index >= 15 is 0 Å². The molecule has 0 unspecified atom stereocenters. The largest absolute Gasteiger partial charge is 0.374 e. The SMILES string of the molecule is Nc1nnc(C(=O)Nc2ccc(N3CCCCC3)cc2)s1. The number of carbonyl (C=O) groups excluding carboxylic acids is 1. The minimum atomic E-state index is -0.282. The Labute approximate surface area is 127 Å². The smallest absolute Gasteiger partial charge is 0.286 e.